The summed E-state index contributed by atoms with van der Waals surface area (Å²) in [5, 5.41) is 19.2. The highest BCUT2D eigenvalue weighted by atomic mass is 16.5. The van der Waals surface area contributed by atoms with Gasteiger partial charge in [-0.3, -0.25) is 4.79 Å². The second-order valence-corrected chi connectivity index (χ2v) is 6.28. The van der Waals surface area contributed by atoms with E-state index < -0.39 is 5.97 Å². The summed E-state index contributed by atoms with van der Waals surface area (Å²) in [5.41, 5.74) is 2.36. The zero-order valence-corrected chi connectivity index (χ0v) is 16.2. The van der Waals surface area contributed by atoms with E-state index in [1.165, 1.54) is 20.1 Å². The van der Waals surface area contributed by atoms with E-state index in [9.17, 15) is 14.7 Å². The minimum absolute atomic E-state index is 0.0291. The molecule has 0 heterocycles. The molecular formula is C22H24O6. The van der Waals surface area contributed by atoms with Gasteiger partial charge in [0.15, 0.2) is 5.78 Å². The Balaban J connectivity index is 2.25. The SMILES string of the molecule is CCCc1c(OCc2ccc(C=CC(=O)O)c(OC)c2)ccc(C(C)=O)c1O. The van der Waals surface area contributed by atoms with Gasteiger partial charge in [-0.1, -0.05) is 25.5 Å². The van der Waals surface area contributed by atoms with Gasteiger partial charge in [-0.15, -0.1) is 0 Å². The summed E-state index contributed by atoms with van der Waals surface area (Å²) in [6.07, 6.45) is 3.89. The van der Waals surface area contributed by atoms with E-state index in [2.05, 4.69) is 0 Å². The van der Waals surface area contributed by atoms with E-state index in [-0.39, 0.29) is 23.7 Å². The summed E-state index contributed by atoms with van der Waals surface area (Å²) >= 11 is 0. The maximum atomic E-state index is 11.7. The first-order valence-electron chi connectivity index (χ1n) is 8.93. The van der Waals surface area contributed by atoms with Crippen LogP contribution in [-0.2, 0) is 17.8 Å². The molecule has 0 bridgehead atoms. The Morgan fingerprint density at radius 2 is 1.89 bits per heavy atom. The number of phenolic OH excluding ortho intramolecular Hbond substituents is 1. The maximum absolute atomic E-state index is 11.7. The largest absolute Gasteiger partial charge is 0.507 e. The molecule has 0 radical (unpaired) electrons. The lowest BCUT2D eigenvalue weighted by atomic mass is 10.0. The third-order valence-corrected chi connectivity index (χ3v) is 4.22. The Hall–Kier alpha value is -3.28. The molecule has 0 aromatic heterocycles. The molecule has 0 aliphatic heterocycles. The Kier molecular flexibility index (Phi) is 7.21. The third kappa shape index (κ3) is 5.13. The van der Waals surface area contributed by atoms with Crippen molar-refractivity contribution in [3.8, 4) is 17.2 Å². The van der Waals surface area contributed by atoms with Crippen LogP contribution in [-0.4, -0.2) is 29.1 Å². The number of ether oxygens (including phenoxy) is 2. The Bertz CT molecular complexity index is 898. The molecule has 0 aliphatic rings. The fourth-order valence-electron chi connectivity index (χ4n) is 2.83. The second-order valence-electron chi connectivity index (χ2n) is 6.28. The fourth-order valence-corrected chi connectivity index (χ4v) is 2.83. The second kappa shape index (κ2) is 9.60. The number of rotatable bonds is 9. The molecule has 0 saturated carbocycles. The molecule has 2 aromatic rings. The average Bonchev–Trinajstić information content (AvgIpc) is 2.66. The number of Topliss-reactive ketones (excluding diaryl/α,β-unsaturated/α-hetero) is 1. The third-order valence-electron chi connectivity index (χ3n) is 4.22. The smallest absolute Gasteiger partial charge is 0.328 e. The van der Waals surface area contributed by atoms with E-state index in [1.54, 1.807) is 24.3 Å². The van der Waals surface area contributed by atoms with E-state index >= 15 is 0 Å². The van der Waals surface area contributed by atoms with Crippen molar-refractivity contribution in [2.75, 3.05) is 7.11 Å². The molecule has 148 valence electrons. The van der Waals surface area contributed by atoms with Crippen LogP contribution in [0.5, 0.6) is 17.2 Å². The number of hydrogen-bond donors (Lipinski definition) is 2. The highest BCUT2D eigenvalue weighted by molar-refractivity contribution is 5.97. The molecule has 0 saturated heterocycles. The van der Waals surface area contributed by atoms with Gasteiger partial charge >= 0.3 is 5.97 Å². The number of aromatic hydroxyl groups is 1. The van der Waals surface area contributed by atoms with Crippen molar-refractivity contribution in [1.29, 1.82) is 0 Å². The molecule has 0 amide bonds. The highest BCUT2D eigenvalue weighted by Gasteiger charge is 2.16. The molecular weight excluding hydrogens is 360 g/mol. The zero-order valence-electron chi connectivity index (χ0n) is 16.2. The molecule has 0 spiro atoms. The van der Waals surface area contributed by atoms with Crippen molar-refractivity contribution in [3.63, 3.8) is 0 Å². The van der Waals surface area contributed by atoms with Crippen LogP contribution in [0.3, 0.4) is 0 Å². The molecule has 28 heavy (non-hydrogen) atoms. The first-order valence-corrected chi connectivity index (χ1v) is 8.93. The standard InChI is InChI=1S/C22H24O6/c1-4-5-18-19(10-9-17(14(2)23)22(18)26)28-13-15-6-7-16(8-11-21(24)25)20(12-15)27-3/h6-12,26H,4-5,13H2,1-3H3,(H,24,25). The lowest BCUT2D eigenvalue weighted by molar-refractivity contribution is -0.131. The number of carbonyl (C=O) groups is 2. The summed E-state index contributed by atoms with van der Waals surface area (Å²) in [4.78, 5) is 22.3. The zero-order chi connectivity index (χ0) is 20.7. The van der Waals surface area contributed by atoms with Crippen LogP contribution in [0, 0.1) is 0 Å². The molecule has 2 N–H and O–H groups in total. The topological polar surface area (TPSA) is 93.1 Å². The summed E-state index contributed by atoms with van der Waals surface area (Å²) in [6.45, 7) is 3.63. The van der Waals surface area contributed by atoms with E-state index in [4.69, 9.17) is 14.6 Å². The van der Waals surface area contributed by atoms with Crippen molar-refractivity contribution in [3.05, 3.63) is 58.7 Å². The highest BCUT2D eigenvalue weighted by Crippen LogP contribution is 2.33. The minimum Gasteiger partial charge on any atom is -0.507 e. The predicted octanol–water partition coefficient (Wildman–Crippen LogP) is 4.23. The number of carbonyl (C=O) groups excluding carboxylic acids is 1. The predicted molar refractivity (Wildman–Crippen MR) is 106 cm³/mol. The average molecular weight is 384 g/mol. The van der Waals surface area contributed by atoms with Gasteiger partial charge in [0.2, 0.25) is 0 Å². The van der Waals surface area contributed by atoms with Gasteiger partial charge in [0, 0.05) is 17.2 Å². The maximum Gasteiger partial charge on any atom is 0.328 e. The Morgan fingerprint density at radius 1 is 1.14 bits per heavy atom. The van der Waals surface area contributed by atoms with Gasteiger partial charge in [-0.05, 0) is 43.2 Å². The quantitative estimate of drug-likeness (QED) is 0.496. The minimum atomic E-state index is -1.04. The monoisotopic (exact) mass is 384 g/mol. The lowest BCUT2D eigenvalue weighted by Gasteiger charge is -2.15. The first kappa shape index (κ1) is 21.0. The number of aliphatic carboxylic acids is 1. The van der Waals surface area contributed by atoms with Crippen molar-refractivity contribution in [1.82, 2.24) is 0 Å². The molecule has 0 atom stereocenters. The normalized spacial score (nSPS) is 10.8. The van der Waals surface area contributed by atoms with Crippen LogP contribution in [0.1, 0.15) is 47.3 Å². The number of ketones is 1. The summed E-state index contributed by atoms with van der Waals surface area (Å²) in [5.74, 6) is -0.207. The number of methoxy groups -OCH3 is 1. The van der Waals surface area contributed by atoms with Gasteiger partial charge in [0.05, 0.1) is 12.7 Å². The molecule has 6 heteroatoms. The van der Waals surface area contributed by atoms with E-state index in [0.29, 0.717) is 29.0 Å². The van der Waals surface area contributed by atoms with Crippen LogP contribution in [0.15, 0.2) is 36.4 Å². The van der Waals surface area contributed by atoms with Crippen LogP contribution < -0.4 is 9.47 Å². The Morgan fingerprint density at radius 3 is 2.50 bits per heavy atom. The van der Waals surface area contributed by atoms with Gasteiger partial charge in [0.25, 0.3) is 0 Å². The molecule has 2 aromatic carbocycles. The van der Waals surface area contributed by atoms with Crippen LogP contribution in [0.2, 0.25) is 0 Å². The molecule has 0 aliphatic carbocycles. The number of carboxylic acid groups (broad SMARTS) is 1. The van der Waals surface area contributed by atoms with Crippen molar-refractivity contribution < 1.29 is 29.3 Å². The van der Waals surface area contributed by atoms with Crippen LogP contribution in [0.4, 0.5) is 0 Å². The molecule has 6 nitrogen and oxygen atoms in total. The number of phenols is 1. The number of benzene rings is 2. The van der Waals surface area contributed by atoms with Gasteiger partial charge in [0.1, 0.15) is 23.9 Å². The van der Waals surface area contributed by atoms with Crippen molar-refractivity contribution in [2.24, 2.45) is 0 Å². The van der Waals surface area contributed by atoms with Crippen LogP contribution >= 0.6 is 0 Å². The van der Waals surface area contributed by atoms with Gasteiger partial charge < -0.3 is 19.7 Å². The fraction of sp³-hybridized carbons (Fsp3) is 0.273. The summed E-state index contributed by atoms with van der Waals surface area (Å²) in [7, 11) is 1.51. The Labute approximate surface area is 164 Å². The molecule has 0 fully saturated rings. The van der Waals surface area contributed by atoms with Gasteiger partial charge in [-0.25, -0.2) is 4.79 Å². The first-order chi connectivity index (χ1) is 13.4. The molecule has 0 unspecified atom stereocenters. The number of hydrogen-bond acceptors (Lipinski definition) is 5. The van der Waals surface area contributed by atoms with Gasteiger partial charge in [-0.2, -0.15) is 0 Å². The van der Waals surface area contributed by atoms with Crippen molar-refractivity contribution >= 4 is 17.8 Å². The van der Waals surface area contributed by atoms with E-state index in [1.807, 2.05) is 13.0 Å². The van der Waals surface area contributed by atoms with Crippen LogP contribution in [0.25, 0.3) is 6.08 Å². The lowest BCUT2D eigenvalue weighted by Crippen LogP contribution is -2.03. The molecule has 2 rings (SSSR count). The van der Waals surface area contributed by atoms with E-state index in [0.717, 1.165) is 18.1 Å². The summed E-state index contributed by atoms with van der Waals surface area (Å²) < 4.78 is 11.2. The number of carboxylic acids is 1. The summed E-state index contributed by atoms with van der Waals surface area (Å²) in [6, 6.07) is 8.59. The van der Waals surface area contributed by atoms with Crippen molar-refractivity contribution in [2.45, 2.75) is 33.3 Å².